The molecule has 4 heteroatoms. The first-order valence-electron chi connectivity index (χ1n) is 8.85. The zero-order chi connectivity index (χ0) is 17.6. The van der Waals surface area contributed by atoms with Crippen LogP contribution >= 0.6 is 23.4 Å². The molecule has 1 atom stereocenters. The Morgan fingerprint density at radius 2 is 1.84 bits per heavy atom. The average molecular weight is 374 g/mol. The number of nitrogens with one attached hydrogen (secondary N) is 1. The minimum Gasteiger partial charge on any atom is -0.349 e. The summed E-state index contributed by atoms with van der Waals surface area (Å²) in [6.07, 6.45) is 4.93. The second-order valence-corrected chi connectivity index (χ2v) is 8.07. The largest absolute Gasteiger partial charge is 0.349 e. The second-order valence-electron chi connectivity index (χ2n) is 6.64. The Bertz CT molecular complexity index is 729. The van der Waals surface area contributed by atoms with Gasteiger partial charge in [0.15, 0.2) is 0 Å². The van der Waals surface area contributed by atoms with E-state index < -0.39 is 0 Å². The Balaban J connectivity index is 1.48. The van der Waals surface area contributed by atoms with Gasteiger partial charge in [-0.25, -0.2) is 0 Å². The predicted molar refractivity (Wildman–Crippen MR) is 107 cm³/mol. The van der Waals surface area contributed by atoms with Crippen molar-refractivity contribution in [3.63, 3.8) is 0 Å². The van der Waals surface area contributed by atoms with E-state index in [0.717, 1.165) is 10.8 Å². The average Bonchev–Trinajstić information content (AvgIpc) is 2.63. The van der Waals surface area contributed by atoms with Crippen LogP contribution < -0.4 is 5.32 Å². The van der Waals surface area contributed by atoms with Crippen LogP contribution in [-0.4, -0.2) is 11.7 Å². The molecule has 0 aromatic heterocycles. The minimum absolute atomic E-state index is 0.0517. The Morgan fingerprint density at radius 1 is 1.12 bits per heavy atom. The van der Waals surface area contributed by atoms with E-state index in [0.29, 0.717) is 5.75 Å². The number of carbonyl (C=O) groups excluding carboxylic acids is 1. The number of thioether (sulfide) groups is 1. The molecule has 1 N–H and O–H groups in total. The number of benzene rings is 2. The van der Waals surface area contributed by atoms with Crippen molar-refractivity contribution in [3.05, 3.63) is 69.7 Å². The zero-order valence-electron chi connectivity index (χ0n) is 14.6. The molecule has 0 spiro atoms. The highest BCUT2D eigenvalue weighted by atomic mass is 35.5. The number of rotatable bonds is 6. The molecular weight excluding hydrogens is 350 g/mol. The van der Waals surface area contributed by atoms with Crippen molar-refractivity contribution < 1.29 is 4.79 Å². The highest BCUT2D eigenvalue weighted by Crippen LogP contribution is 2.25. The molecule has 1 aliphatic rings. The van der Waals surface area contributed by atoms with Crippen molar-refractivity contribution >= 4 is 29.3 Å². The smallest absolute Gasteiger partial charge is 0.230 e. The quantitative estimate of drug-likeness (QED) is 0.741. The first-order valence-corrected chi connectivity index (χ1v) is 10.4. The number of hydrogen-bond acceptors (Lipinski definition) is 2. The summed E-state index contributed by atoms with van der Waals surface area (Å²) in [6.45, 7) is 2.06. The number of amides is 1. The van der Waals surface area contributed by atoms with Gasteiger partial charge in [-0.2, -0.15) is 0 Å². The van der Waals surface area contributed by atoms with Gasteiger partial charge in [-0.05, 0) is 67.0 Å². The van der Waals surface area contributed by atoms with Crippen LogP contribution in [0.3, 0.4) is 0 Å². The van der Waals surface area contributed by atoms with Crippen LogP contribution in [-0.2, 0) is 23.4 Å². The SMILES string of the molecule is CC(NC(=O)CSCc1ccc(Cl)cc1)c1ccc2c(c1)CCCC2. The van der Waals surface area contributed by atoms with Gasteiger partial charge >= 0.3 is 0 Å². The van der Waals surface area contributed by atoms with Gasteiger partial charge in [0, 0.05) is 10.8 Å². The van der Waals surface area contributed by atoms with Gasteiger partial charge in [-0.15, -0.1) is 11.8 Å². The molecule has 1 aliphatic carbocycles. The molecule has 132 valence electrons. The van der Waals surface area contributed by atoms with E-state index in [-0.39, 0.29) is 11.9 Å². The van der Waals surface area contributed by atoms with E-state index in [1.165, 1.54) is 47.9 Å². The fourth-order valence-corrected chi connectivity index (χ4v) is 4.16. The van der Waals surface area contributed by atoms with Crippen LogP contribution in [0.5, 0.6) is 0 Å². The lowest BCUT2D eigenvalue weighted by molar-refractivity contribution is -0.119. The molecule has 1 unspecified atom stereocenters. The molecule has 0 saturated heterocycles. The molecule has 25 heavy (non-hydrogen) atoms. The number of aryl methyl sites for hydroxylation is 2. The van der Waals surface area contributed by atoms with Gasteiger partial charge in [0.05, 0.1) is 11.8 Å². The van der Waals surface area contributed by atoms with Crippen molar-refractivity contribution in [2.24, 2.45) is 0 Å². The van der Waals surface area contributed by atoms with Gasteiger partial charge < -0.3 is 5.32 Å². The second kappa shape index (κ2) is 8.77. The number of carbonyl (C=O) groups is 1. The first-order chi connectivity index (χ1) is 12.1. The summed E-state index contributed by atoms with van der Waals surface area (Å²) in [4.78, 5) is 12.2. The van der Waals surface area contributed by atoms with E-state index in [9.17, 15) is 4.79 Å². The third kappa shape index (κ3) is 5.26. The topological polar surface area (TPSA) is 29.1 Å². The lowest BCUT2D eigenvalue weighted by Crippen LogP contribution is -2.28. The summed E-state index contributed by atoms with van der Waals surface area (Å²) in [7, 11) is 0. The van der Waals surface area contributed by atoms with E-state index in [2.05, 4.69) is 30.4 Å². The fourth-order valence-electron chi connectivity index (χ4n) is 3.23. The third-order valence-electron chi connectivity index (χ3n) is 4.67. The molecule has 2 aromatic carbocycles. The molecule has 0 bridgehead atoms. The first kappa shape index (κ1) is 18.3. The van der Waals surface area contributed by atoms with Crippen LogP contribution in [0.25, 0.3) is 0 Å². The maximum Gasteiger partial charge on any atom is 0.230 e. The summed E-state index contributed by atoms with van der Waals surface area (Å²) < 4.78 is 0. The summed E-state index contributed by atoms with van der Waals surface area (Å²) in [5, 5.41) is 3.86. The lowest BCUT2D eigenvalue weighted by Gasteiger charge is -2.20. The summed E-state index contributed by atoms with van der Waals surface area (Å²) in [6, 6.07) is 14.5. The van der Waals surface area contributed by atoms with Crippen molar-refractivity contribution in [1.29, 1.82) is 0 Å². The predicted octanol–water partition coefficient (Wildman–Crippen LogP) is 5.33. The number of halogens is 1. The molecule has 0 heterocycles. The lowest BCUT2D eigenvalue weighted by atomic mass is 9.89. The maximum atomic E-state index is 12.2. The van der Waals surface area contributed by atoms with Crippen LogP contribution in [0, 0.1) is 0 Å². The van der Waals surface area contributed by atoms with E-state index in [1.807, 2.05) is 24.3 Å². The Hall–Kier alpha value is -1.45. The molecular formula is C21H24ClNOS. The Labute approximate surface area is 159 Å². The highest BCUT2D eigenvalue weighted by Gasteiger charge is 2.14. The van der Waals surface area contributed by atoms with Gasteiger partial charge in [0.2, 0.25) is 5.91 Å². The molecule has 0 fully saturated rings. The normalized spacial score (nSPS) is 14.6. The number of fused-ring (bicyclic) bond motifs is 1. The molecule has 0 radical (unpaired) electrons. The van der Waals surface area contributed by atoms with Crippen molar-refractivity contribution in [3.8, 4) is 0 Å². The molecule has 3 rings (SSSR count). The zero-order valence-corrected chi connectivity index (χ0v) is 16.1. The summed E-state index contributed by atoms with van der Waals surface area (Å²) in [5.41, 5.74) is 5.33. The van der Waals surface area contributed by atoms with Gasteiger partial charge in [0.25, 0.3) is 0 Å². The van der Waals surface area contributed by atoms with Gasteiger partial charge in [-0.3, -0.25) is 4.79 Å². The summed E-state index contributed by atoms with van der Waals surface area (Å²) in [5.74, 6) is 1.37. The van der Waals surface area contributed by atoms with Crippen molar-refractivity contribution in [1.82, 2.24) is 5.32 Å². The van der Waals surface area contributed by atoms with E-state index >= 15 is 0 Å². The Morgan fingerprint density at radius 3 is 2.60 bits per heavy atom. The Kier molecular flexibility index (Phi) is 6.44. The monoisotopic (exact) mass is 373 g/mol. The van der Waals surface area contributed by atoms with Gasteiger partial charge in [-0.1, -0.05) is 41.9 Å². The molecule has 2 aromatic rings. The third-order valence-corrected chi connectivity index (χ3v) is 5.92. The summed E-state index contributed by atoms with van der Waals surface area (Å²) >= 11 is 7.51. The van der Waals surface area contributed by atoms with Crippen LogP contribution in [0.15, 0.2) is 42.5 Å². The van der Waals surface area contributed by atoms with E-state index in [4.69, 9.17) is 11.6 Å². The highest BCUT2D eigenvalue weighted by molar-refractivity contribution is 7.99. The maximum absolute atomic E-state index is 12.2. The fraction of sp³-hybridized carbons (Fsp3) is 0.381. The van der Waals surface area contributed by atoms with E-state index in [1.54, 1.807) is 11.8 Å². The van der Waals surface area contributed by atoms with Crippen molar-refractivity contribution in [2.75, 3.05) is 5.75 Å². The minimum atomic E-state index is 0.0517. The number of hydrogen-bond donors (Lipinski definition) is 1. The van der Waals surface area contributed by atoms with Crippen LogP contribution in [0.2, 0.25) is 5.02 Å². The van der Waals surface area contributed by atoms with Crippen molar-refractivity contribution in [2.45, 2.75) is 44.4 Å². The molecule has 2 nitrogen and oxygen atoms in total. The van der Waals surface area contributed by atoms with Gasteiger partial charge in [0.1, 0.15) is 0 Å². The standard InChI is InChI=1S/C21H24ClNOS/c1-15(18-9-8-17-4-2-3-5-19(17)12-18)23-21(24)14-25-13-16-6-10-20(22)11-7-16/h6-12,15H,2-5,13-14H2,1H3,(H,23,24). The molecule has 0 aliphatic heterocycles. The molecule has 0 saturated carbocycles. The molecule has 1 amide bonds. The van der Waals surface area contributed by atoms with Crippen LogP contribution in [0.1, 0.15) is 48.1 Å². The van der Waals surface area contributed by atoms with Crippen LogP contribution in [0.4, 0.5) is 0 Å².